The topological polar surface area (TPSA) is 78.2 Å². The predicted molar refractivity (Wildman–Crippen MR) is 136 cm³/mol. The fraction of sp³-hybridized carbons (Fsp3) is 0.839. The van der Waals surface area contributed by atoms with Gasteiger partial charge in [0, 0.05) is 24.4 Å². The number of carbonyl (C=O) groups is 2. The van der Waals surface area contributed by atoms with Crippen molar-refractivity contribution in [3.63, 3.8) is 0 Å². The lowest BCUT2D eigenvalue weighted by molar-refractivity contribution is -0.226. The lowest BCUT2D eigenvalue weighted by Crippen LogP contribution is -2.68. The number of Topliss-reactive ketones (excluding diaryl/α,β-unsaturated/α-hetero) is 2. The van der Waals surface area contributed by atoms with Crippen LogP contribution in [-0.4, -0.2) is 23.3 Å². The van der Waals surface area contributed by atoms with E-state index in [1.165, 1.54) is 0 Å². The van der Waals surface area contributed by atoms with Crippen molar-refractivity contribution in [1.82, 2.24) is 0 Å². The molecule has 5 aliphatic rings. The first-order chi connectivity index (χ1) is 16.1. The summed E-state index contributed by atoms with van der Waals surface area (Å²) >= 11 is 0. The van der Waals surface area contributed by atoms with Crippen LogP contribution in [0, 0.1) is 67.5 Å². The number of rotatable bonds is 1. The van der Waals surface area contributed by atoms with Gasteiger partial charge in [0.25, 0.3) is 0 Å². The maximum absolute atomic E-state index is 14.3. The molecule has 0 aliphatic heterocycles. The molecule has 4 unspecified atom stereocenters. The largest absolute Gasteiger partial charge is 0.396 e. The average Bonchev–Trinajstić information content (AvgIpc) is 2.77. The second-order valence-electron chi connectivity index (χ2n) is 15.2. The van der Waals surface area contributed by atoms with Crippen molar-refractivity contribution >= 4 is 11.6 Å². The van der Waals surface area contributed by atoms with E-state index in [1.807, 2.05) is 19.9 Å². The minimum Gasteiger partial charge on any atom is -0.396 e. The number of hydrogen-bond donors (Lipinski definition) is 1. The zero-order valence-electron chi connectivity index (χ0n) is 23.0. The number of fused-ring (bicyclic) bond motifs is 7. The predicted octanol–water partition coefficient (Wildman–Crippen LogP) is 6.28. The van der Waals surface area contributed by atoms with Crippen molar-refractivity contribution in [1.29, 1.82) is 5.26 Å². The van der Waals surface area contributed by atoms with E-state index in [0.717, 1.165) is 44.9 Å². The lowest BCUT2D eigenvalue weighted by atomic mass is 9.31. The minimum atomic E-state index is -0.595. The Morgan fingerprint density at radius 3 is 2.23 bits per heavy atom. The molecule has 4 nitrogen and oxygen atoms in total. The van der Waals surface area contributed by atoms with E-state index in [1.54, 1.807) is 0 Å². The Morgan fingerprint density at radius 1 is 0.943 bits per heavy atom. The van der Waals surface area contributed by atoms with Gasteiger partial charge in [-0.15, -0.1) is 0 Å². The van der Waals surface area contributed by atoms with E-state index in [-0.39, 0.29) is 68.7 Å². The first kappa shape index (κ1) is 25.2. The smallest absolute Gasteiger partial charge is 0.178 e. The van der Waals surface area contributed by atoms with Gasteiger partial charge < -0.3 is 5.11 Å². The first-order valence-corrected chi connectivity index (χ1v) is 13.9. The maximum atomic E-state index is 14.3. The normalized spacial score (nSPS) is 50.1. The molecule has 0 amide bonds. The Hall–Kier alpha value is -1.47. The van der Waals surface area contributed by atoms with Gasteiger partial charge in [-0.3, -0.25) is 9.59 Å². The Balaban J connectivity index is 1.63. The molecule has 4 fully saturated rings. The standard InChI is InChI=1S/C31H45NO3/c1-26(2)10-12-31(18-33)13-11-30(7)24(20(31)16-26)21(34)14-23-28(5)15-19(17-32)25(35)27(3,4)22(28)8-9-29(23,30)6/h15,20,22-24,33H,8-14,16,18H2,1-7H3/t20?,22?,23?,24?,28-,29+,30+,31+/m0/s1. The molecule has 0 saturated heterocycles. The summed E-state index contributed by atoms with van der Waals surface area (Å²) in [6.07, 6.45) is 9.61. The summed E-state index contributed by atoms with van der Waals surface area (Å²) in [6.45, 7) is 16.0. The highest BCUT2D eigenvalue weighted by atomic mass is 16.3. The number of aliphatic hydroxyl groups is 1. The van der Waals surface area contributed by atoms with Gasteiger partial charge in [-0.25, -0.2) is 0 Å². The van der Waals surface area contributed by atoms with Gasteiger partial charge in [0.05, 0.1) is 5.57 Å². The van der Waals surface area contributed by atoms with Gasteiger partial charge in [0.1, 0.15) is 11.9 Å². The van der Waals surface area contributed by atoms with Gasteiger partial charge in [-0.05, 0) is 89.8 Å². The van der Waals surface area contributed by atoms with E-state index >= 15 is 0 Å². The van der Waals surface area contributed by atoms with Crippen LogP contribution < -0.4 is 0 Å². The average molecular weight is 480 g/mol. The maximum Gasteiger partial charge on any atom is 0.178 e. The molecular formula is C31H45NO3. The highest BCUT2D eigenvalue weighted by molar-refractivity contribution is 6.04. The van der Waals surface area contributed by atoms with Crippen molar-refractivity contribution in [2.24, 2.45) is 56.2 Å². The second kappa shape index (κ2) is 7.31. The van der Waals surface area contributed by atoms with Crippen molar-refractivity contribution in [3.8, 4) is 6.07 Å². The Kier molecular flexibility index (Phi) is 5.26. The van der Waals surface area contributed by atoms with Crippen LogP contribution in [0.25, 0.3) is 0 Å². The van der Waals surface area contributed by atoms with Crippen LogP contribution >= 0.6 is 0 Å². The van der Waals surface area contributed by atoms with Gasteiger partial charge in [0.15, 0.2) is 5.78 Å². The molecule has 8 atom stereocenters. The van der Waals surface area contributed by atoms with Crippen molar-refractivity contribution in [2.45, 2.75) is 99.8 Å². The van der Waals surface area contributed by atoms with E-state index in [9.17, 15) is 20.0 Å². The molecule has 0 aromatic rings. The van der Waals surface area contributed by atoms with Crippen LogP contribution in [0.2, 0.25) is 0 Å². The van der Waals surface area contributed by atoms with Crippen molar-refractivity contribution in [3.05, 3.63) is 11.6 Å². The molecule has 4 saturated carbocycles. The highest BCUT2D eigenvalue weighted by Gasteiger charge is 2.72. The van der Waals surface area contributed by atoms with Gasteiger partial charge >= 0.3 is 0 Å². The lowest BCUT2D eigenvalue weighted by Gasteiger charge is -2.72. The zero-order valence-corrected chi connectivity index (χ0v) is 23.0. The van der Waals surface area contributed by atoms with Crippen molar-refractivity contribution < 1.29 is 14.7 Å². The number of hydrogen-bond acceptors (Lipinski definition) is 4. The van der Waals surface area contributed by atoms with E-state index < -0.39 is 5.41 Å². The molecule has 1 N–H and O–H groups in total. The number of nitriles is 1. The second-order valence-corrected chi connectivity index (χ2v) is 15.2. The molecule has 4 heteroatoms. The number of nitrogens with zero attached hydrogens (tertiary/aromatic N) is 1. The molecule has 0 aromatic carbocycles. The molecule has 0 spiro atoms. The molecule has 5 aliphatic carbocycles. The van der Waals surface area contributed by atoms with Crippen LogP contribution in [0.15, 0.2) is 11.6 Å². The summed E-state index contributed by atoms with van der Waals surface area (Å²) < 4.78 is 0. The molecule has 192 valence electrons. The number of carbonyl (C=O) groups excluding carboxylic acids is 2. The molecule has 0 radical (unpaired) electrons. The molecule has 5 rings (SSSR count). The van der Waals surface area contributed by atoms with Gasteiger partial charge in [0.2, 0.25) is 0 Å². The summed E-state index contributed by atoms with van der Waals surface area (Å²) in [5, 5.41) is 20.5. The molecule has 0 heterocycles. The number of ketones is 2. The van der Waals surface area contributed by atoms with E-state index in [0.29, 0.717) is 12.2 Å². The quantitative estimate of drug-likeness (QED) is 0.480. The Bertz CT molecular complexity index is 1050. The summed E-state index contributed by atoms with van der Waals surface area (Å²) in [5.74, 6) is 0.823. The first-order valence-electron chi connectivity index (χ1n) is 13.9. The number of aliphatic hydroxyl groups excluding tert-OH is 1. The van der Waals surface area contributed by atoms with Crippen LogP contribution in [-0.2, 0) is 9.59 Å². The van der Waals surface area contributed by atoms with Crippen molar-refractivity contribution in [2.75, 3.05) is 6.61 Å². The molecule has 0 aromatic heterocycles. The monoisotopic (exact) mass is 479 g/mol. The third-order valence-corrected chi connectivity index (χ3v) is 13.0. The molecule has 35 heavy (non-hydrogen) atoms. The SMILES string of the molecule is CC1(C)CC[C@]2(CO)CC[C@]3(C)C(C(=O)CC4[C@@]5(C)C=C(C#N)C(=O)C(C)(C)C5CC[C@]43C)C2C1. The highest BCUT2D eigenvalue weighted by Crippen LogP contribution is 2.75. The van der Waals surface area contributed by atoms with Gasteiger partial charge in [-0.1, -0.05) is 54.5 Å². The van der Waals surface area contributed by atoms with Crippen LogP contribution in [0.1, 0.15) is 99.8 Å². The Morgan fingerprint density at radius 2 is 1.60 bits per heavy atom. The van der Waals surface area contributed by atoms with Crippen LogP contribution in [0.3, 0.4) is 0 Å². The third kappa shape index (κ3) is 3.00. The number of allylic oxidation sites excluding steroid dienone is 2. The summed E-state index contributed by atoms with van der Waals surface area (Å²) in [7, 11) is 0. The fourth-order valence-electron chi connectivity index (χ4n) is 10.7. The molecule has 0 bridgehead atoms. The fourth-order valence-corrected chi connectivity index (χ4v) is 10.7. The Labute approximate surface area is 211 Å². The summed E-state index contributed by atoms with van der Waals surface area (Å²) in [6, 6.07) is 2.21. The van der Waals surface area contributed by atoms with Crippen LogP contribution in [0.5, 0.6) is 0 Å². The van der Waals surface area contributed by atoms with E-state index in [2.05, 4.69) is 40.7 Å². The third-order valence-electron chi connectivity index (χ3n) is 13.0. The summed E-state index contributed by atoms with van der Waals surface area (Å²) in [4.78, 5) is 27.5. The van der Waals surface area contributed by atoms with Crippen LogP contribution in [0.4, 0.5) is 0 Å². The van der Waals surface area contributed by atoms with E-state index in [4.69, 9.17) is 0 Å². The van der Waals surface area contributed by atoms with Gasteiger partial charge in [-0.2, -0.15) is 5.26 Å². The summed E-state index contributed by atoms with van der Waals surface area (Å²) in [5.41, 5.74) is -0.764. The minimum absolute atomic E-state index is 0.0120. The zero-order chi connectivity index (χ0) is 25.8. The molecular weight excluding hydrogens is 434 g/mol.